The standard InChI is InChI=1S/C15H28ClN3O/c1-6-7-17-13(8-11(2)10-20-5)9-14-12(3)18-19(4)15(14)16/h11,13,17H,6-10H2,1-5H3. The summed E-state index contributed by atoms with van der Waals surface area (Å²) in [4.78, 5) is 0. The van der Waals surface area contributed by atoms with Crippen LogP contribution in [0.25, 0.3) is 0 Å². The summed E-state index contributed by atoms with van der Waals surface area (Å²) in [6, 6.07) is 0.417. The molecule has 0 fully saturated rings. The summed E-state index contributed by atoms with van der Waals surface area (Å²) >= 11 is 6.34. The van der Waals surface area contributed by atoms with Crippen LogP contribution in [0.1, 0.15) is 37.9 Å². The van der Waals surface area contributed by atoms with Crippen LogP contribution in [0.5, 0.6) is 0 Å². The van der Waals surface area contributed by atoms with Gasteiger partial charge < -0.3 is 10.1 Å². The molecule has 20 heavy (non-hydrogen) atoms. The van der Waals surface area contributed by atoms with Gasteiger partial charge in [-0.05, 0) is 38.6 Å². The number of methoxy groups -OCH3 is 1. The molecule has 2 unspecified atom stereocenters. The SMILES string of the molecule is CCCNC(Cc1c(C)nn(C)c1Cl)CC(C)COC. The third-order valence-corrected chi connectivity index (χ3v) is 4.01. The lowest BCUT2D eigenvalue weighted by atomic mass is 9.96. The van der Waals surface area contributed by atoms with E-state index in [4.69, 9.17) is 16.3 Å². The van der Waals surface area contributed by atoms with E-state index in [1.54, 1.807) is 11.8 Å². The smallest absolute Gasteiger partial charge is 0.130 e. The zero-order valence-corrected chi connectivity index (χ0v) is 14.1. The van der Waals surface area contributed by atoms with Crippen LogP contribution in [0.2, 0.25) is 5.15 Å². The first-order valence-corrected chi connectivity index (χ1v) is 7.77. The van der Waals surface area contributed by atoms with Crippen LogP contribution in [0.15, 0.2) is 0 Å². The van der Waals surface area contributed by atoms with Crippen molar-refractivity contribution in [3.8, 4) is 0 Å². The summed E-state index contributed by atoms with van der Waals surface area (Å²) in [7, 11) is 3.65. The molecule has 0 aliphatic rings. The van der Waals surface area contributed by atoms with E-state index in [2.05, 4.69) is 24.3 Å². The van der Waals surface area contributed by atoms with Crippen LogP contribution in [0.4, 0.5) is 0 Å². The van der Waals surface area contributed by atoms with Crippen molar-refractivity contribution in [2.75, 3.05) is 20.3 Å². The van der Waals surface area contributed by atoms with E-state index in [9.17, 15) is 0 Å². The molecule has 1 rings (SSSR count). The molecule has 5 heteroatoms. The van der Waals surface area contributed by atoms with Crippen LogP contribution in [0, 0.1) is 12.8 Å². The van der Waals surface area contributed by atoms with Crippen molar-refractivity contribution < 1.29 is 4.74 Å². The Morgan fingerprint density at radius 2 is 2.15 bits per heavy atom. The van der Waals surface area contributed by atoms with Gasteiger partial charge in [0, 0.05) is 32.4 Å². The predicted molar refractivity (Wildman–Crippen MR) is 84.4 cm³/mol. The second-order valence-corrected chi connectivity index (χ2v) is 5.99. The Labute approximate surface area is 127 Å². The number of halogens is 1. The second-order valence-electron chi connectivity index (χ2n) is 5.63. The number of hydrogen-bond acceptors (Lipinski definition) is 3. The molecule has 0 aromatic carbocycles. The van der Waals surface area contributed by atoms with E-state index in [1.807, 2.05) is 14.0 Å². The molecule has 0 aliphatic carbocycles. The zero-order chi connectivity index (χ0) is 15.1. The first kappa shape index (κ1) is 17.5. The molecule has 0 saturated heterocycles. The Morgan fingerprint density at radius 1 is 1.45 bits per heavy atom. The normalized spacial score (nSPS) is 14.5. The lowest BCUT2D eigenvalue weighted by Gasteiger charge is -2.22. The lowest BCUT2D eigenvalue weighted by molar-refractivity contribution is 0.149. The Bertz CT molecular complexity index is 406. The highest BCUT2D eigenvalue weighted by atomic mass is 35.5. The monoisotopic (exact) mass is 301 g/mol. The predicted octanol–water partition coefficient (Wildman–Crippen LogP) is 2.97. The van der Waals surface area contributed by atoms with Crippen molar-refractivity contribution in [1.82, 2.24) is 15.1 Å². The Balaban J connectivity index is 2.72. The molecule has 0 amide bonds. The average Bonchev–Trinajstić information content (AvgIpc) is 2.62. The average molecular weight is 302 g/mol. The van der Waals surface area contributed by atoms with Crippen molar-refractivity contribution in [3.05, 3.63) is 16.4 Å². The number of nitrogens with one attached hydrogen (secondary N) is 1. The summed E-state index contributed by atoms with van der Waals surface area (Å²) in [5.41, 5.74) is 2.19. The Kier molecular flexibility index (Phi) is 7.56. The van der Waals surface area contributed by atoms with Crippen LogP contribution in [-0.2, 0) is 18.2 Å². The maximum atomic E-state index is 6.34. The minimum atomic E-state index is 0.417. The maximum Gasteiger partial charge on any atom is 0.130 e. The molecule has 0 spiro atoms. The number of nitrogens with zero attached hydrogens (tertiary/aromatic N) is 2. The van der Waals surface area contributed by atoms with Crippen LogP contribution in [-0.4, -0.2) is 36.1 Å². The fourth-order valence-electron chi connectivity index (χ4n) is 2.58. The van der Waals surface area contributed by atoms with Gasteiger partial charge in [-0.3, -0.25) is 4.68 Å². The molecule has 116 valence electrons. The molecule has 1 aromatic rings. The van der Waals surface area contributed by atoms with Gasteiger partial charge in [0.25, 0.3) is 0 Å². The Morgan fingerprint density at radius 3 is 2.65 bits per heavy atom. The van der Waals surface area contributed by atoms with E-state index in [0.717, 1.165) is 48.8 Å². The van der Waals surface area contributed by atoms with Gasteiger partial charge in [0.1, 0.15) is 5.15 Å². The lowest BCUT2D eigenvalue weighted by Crippen LogP contribution is -2.34. The summed E-state index contributed by atoms with van der Waals surface area (Å²) in [5.74, 6) is 0.533. The maximum absolute atomic E-state index is 6.34. The summed E-state index contributed by atoms with van der Waals surface area (Å²) in [5, 5.41) is 8.77. The summed E-state index contributed by atoms with van der Waals surface area (Å²) < 4.78 is 6.99. The fourth-order valence-corrected chi connectivity index (χ4v) is 2.83. The highest BCUT2D eigenvalue weighted by molar-refractivity contribution is 6.30. The van der Waals surface area contributed by atoms with Gasteiger partial charge >= 0.3 is 0 Å². The minimum absolute atomic E-state index is 0.417. The van der Waals surface area contributed by atoms with Gasteiger partial charge in [-0.1, -0.05) is 25.4 Å². The van der Waals surface area contributed by atoms with Gasteiger partial charge in [-0.15, -0.1) is 0 Å². The minimum Gasteiger partial charge on any atom is -0.384 e. The van der Waals surface area contributed by atoms with Crippen LogP contribution in [0.3, 0.4) is 0 Å². The number of aryl methyl sites for hydroxylation is 2. The topological polar surface area (TPSA) is 39.1 Å². The quantitative estimate of drug-likeness (QED) is 0.762. The highest BCUT2D eigenvalue weighted by Crippen LogP contribution is 2.22. The van der Waals surface area contributed by atoms with Gasteiger partial charge in [0.05, 0.1) is 5.69 Å². The summed E-state index contributed by atoms with van der Waals surface area (Å²) in [6.07, 6.45) is 3.14. The van der Waals surface area contributed by atoms with Crippen molar-refractivity contribution >= 4 is 11.6 Å². The number of hydrogen-bond donors (Lipinski definition) is 1. The largest absolute Gasteiger partial charge is 0.384 e. The number of rotatable bonds is 9. The molecule has 4 nitrogen and oxygen atoms in total. The van der Waals surface area contributed by atoms with E-state index in [0.29, 0.717) is 12.0 Å². The molecule has 0 bridgehead atoms. The number of aromatic nitrogens is 2. The Hall–Kier alpha value is -0.580. The zero-order valence-electron chi connectivity index (χ0n) is 13.4. The molecule has 1 N–H and O–H groups in total. The van der Waals surface area contributed by atoms with Crippen LogP contribution < -0.4 is 5.32 Å². The van der Waals surface area contributed by atoms with Crippen LogP contribution >= 0.6 is 11.6 Å². The third kappa shape index (κ3) is 5.08. The summed E-state index contributed by atoms with van der Waals surface area (Å²) in [6.45, 7) is 8.26. The van der Waals surface area contributed by atoms with Crippen molar-refractivity contribution in [1.29, 1.82) is 0 Å². The van der Waals surface area contributed by atoms with Crippen molar-refractivity contribution in [3.63, 3.8) is 0 Å². The van der Waals surface area contributed by atoms with Crippen molar-refractivity contribution in [2.24, 2.45) is 13.0 Å². The van der Waals surface area contributed by atoms with E-state index < -0.39 is 0 Å². The molecular weight excluding hydrogens is 274 g/mol. The molecule has 1 heterocycles. The van der Waals surface area contributed by atoms with Gasteiger partial charge in [-0.2, -0.15) is 5.10 Å². The van der Waals surface area contributed by atoms with Gasteiger partial charge in [0.15, 0.2) is 0 Å². The first-order valence-electron chi connectivity index (χ1n) is 7.39. The van der Waals surface area contributed by atoms with Gasteiger partial charge in [0.2, 0.25) is 0 Å². The molecule has 0 saturated carbocycles. The molecule has 1 aromatic heterocycles. The van der Waals surface area contributed by atoms with Crippen molar-refractivity contribution in [2.45, 2.75) is 46.1 Å². The van der Waals surface area contributed by atoms with E-state index in [-0.39, 0.29) is 0 Å². The second kappa shape index (κ2) is 8.65. The van der Waals surface area contributed by atoms with Gasteiger partial charge in [-0.25, -0.2) is 0 Å². The fraction of sp³-hybridized carbons (Fsp3) is 0.800. The van der Waals surface area contributed by atoms with E-state index in [1.165, 1.54) is 0 Å². The van der Waals surface area contributed by atoms with E-state index >= 15 is 0 Å². The third-order valence-electron chi connectivity index (χ3n) is 3.54. The molecule has 0 aliphatic heterocycles. The highest BCUT2D eigenvalue weighted by Gasteiger charge is 2.18. The molecule has 0 radical (unpaired) electrons. The first-order chi connectivity index (χ1) is 9.49. The number of ether oxygens (including phenoxy) is 1. The molecule has 2 atom stereocenters. The molecular formula is C15H28ClN3O.